The zero-order valence-corrected chi connectivity index (χ0v) is 16.6. The second-order valence-corrected chi connectivity index (χ2v) is 7.93. The van der Waals surface area contributed by atoms with Crippen molar-refractivity contribution in [3.8, 4) is 11.6 Å². The van der Waals surface area contributed by atoms with E-state index in [1.807, 2.05) is 0 Å². The van der Waals surface area contributed by atoms with Crippen molar-refractivity contribution in [3.05, 3.63) is 36.0 Å². The zero-order chi connectivity index (χ0) is 19.3. The lowest BCUT2D eigenvalue weighted by atomic mass is 9.89. The lowest BCUT2D eigenvalue weighted by Crippen LogP contribution is -2.17. The number of nitrogens with one attached hydrogen (secondary N) is 2. The molecule has 3 aromatic rings. The van der Waals surface area contributed by atoms with Gasteiger partial charge in [0.15, 0.2) is 15.6 Å². The second kappa shape index (κ2) is 8.52. The summed E-state index contributed by atoms with van der Waals surface area (Å²) in [6.07, 6.45) is 8.16. The minimum atomic E-state index is -0.164. The summed E-state index contributed by atoms with van der Waals surface area (Å²) in [6.45, 7) is 0.954. The number of benzene rings is 1. The molecule has 1 saturated carbocycles. The molecule has 0 spiro atoms. The molecule has 0 radical (unpaired) electrons. The number of carbonyl (C=O) groups is 1. The number of anilines is 1. The third-order valence-corrected chi connectivity index (χ3v) is 5.81. The van der Waals surface area contributed by atoms with Gasteiger partial charge < -0.3 is 15.4 Å². The van der Waals surface area contributed by atoms with E-state index in [-0.39, 0.29) is 5.91 Å². The van der Waals surface area contributed by atoms with Gasteiger partial charge in [-0.1, -0.05) is 36.7 Å². The van der Waals surface area contributed by atoms with Gasteiger partial charge in [0.1, 0.15) is 5.75 Å². The topological polar surface area (TPSA) is 89.0 Å². The molecule has 2 N–H and O–H groups in total. The molecule has 0 unspecified atom stereocenters. The number of hydrogen-bond acceptors (Lipinski definition) is 7. The maximum absolute atomic E-state index is 11.8. The molecule has 2 aromatic heterocycles. The zero-order valence-electron chi connectivity index (χ0n) is 15.8. The summed E-state index contributed by atoms with van der Waals surface area (Å²) in [4.78, 5) is 25.9. The molecule has 1 aliphatic rings. The Bertz CT molecular complexity index is 968. The van der Waals surface area contributed by atoms with E-state index in [1.165, 1.54) is 43.4 Å². The van der Waals surface area contributed by atoms with Gasteiger partial charge >= 0.3 is 0 Å². The first-order chi connectivity index (χ1) is 13.7. The van der Waals surface area contributed by atoms with E-state index in [2.05, 4.69) is 25.6 Å². The Balaban J connectivity index is 1.45. The second-order valence-electron chi connectivity index (χ2n) is 6.95. The van der Waals surface area contributed by atoms with Crippen LogP contribution >= 0.6 is 11.3 Å². The number of fused-ring (bicyclic) bond motifs is 1. The summed E-state index contributed by atoms with van der Waals surface area (Å²) in [7, 11) is 1.60. The summed E-state index contributed by atoms with van der Waals surface area (Å²) in [5.74, 6) is 1.48. The number of aromatic nitrogens is 3. The monoisotopic (exact) mass is 397 g/mol. The van der Waals surface area contributed by atoms with Crippen LogP contribution in [0.25, 0.3) is 10.5 Å². The van der Waals surface area contributed by atoms with Crippen LogP contribution in [-0.2, 0) is 0 Å². The van der Waals surface area contributed by atoms with Gasteiger partial charge in [0.05, 0.1) is 6.20 Å². The van der Waals surface area contributed by atoms with Gasteiger partial charge in [0, 0.05) is 19.2 Å². The number of nitrogens with zero attached hydrogens (tertiary/aromatic N) is 3. The van der Waals surface area contributed by atoms with Crippen LogP contribution < -0.4 is 15.4 Å². The molecule has 146 valence electrons. The smallest absolute Gasteiger partial charge is 0.251 e. The number of carbonyl (C=O) groups excluding carboxylic acids is 1. The molecule has 1 aliphatic carbocycles. The standard InChI is InChI=1S/C20H23N5O2S/c1-21-18(26)14-8-5-9-15(10-14)27-16-12-22-17-19(24-16)28-20(25-17)23-11-13-6-3-2-4-7-13/h5,8-10,12-13H,2-4,6-7,11H2,1H3,(H,21,26)(H,22,23,25). The van der Waals surface area contributed by atoms with Crippen LogP contribution in [0.3, 0.4) is 0 Å². The van der Waals surface area contributed by atoms with Crippen molar-refractivity contribution in [2.45, 2.75) is 32.1 Å². The van der Waals surface area contributed by atoms with Crippen molar-refractivity contribution in [1.82, 2.24) is 20.3 Å². The van der Waals surface area contributed by atoms with E-state index >= 15 is 0 Å². The van der Waals surface area contributed by atoms with Gasteiger partial charge in [-0.05, 0) is 37.0 Å². The highest BCUT2D eigenvalue weighted by Crippen LogP contribution is 2.28. The molecule has 28 heavy (non-hydrogen) atoms. The van der Waals surface area contributed by atoms with Crippen LogP contribution in [0.1, 0.15) is 42.5 Å². The van der Waals surface area contributed by atoms with Crippen molar-refractivity contribution in [2.75, 3.05) is 18.9 Å². The van der Waals surface area contributed by atoms with Gasteiger partial charge in [0.25, 0.3) is 5.91 Å². The Kier molecular flexibility index (Phi) is 5.66. The minimum Gasteiger partial charge on any atom is -0.437 e. The third-order valence-electron chi connectivity index (χ3n) is 4.91. The van der Waals surface area contributed by atoms with E-state index in [0.717, 1.165) is 22.4 Å². The molecule has 0 atom stereocenters. The van der Waals surface area contributed by atoms with Crippen LogP contribution in [0.15, 0.2) is 30.5 Å². The fourth-order valence-electron chi connectivity index (χ4n) is 3.42. The average Bonchev–Trinajstić information content (AvgIpc) is 3.15. The highest BCUT2D eigenvalue weighted by atomic mass is 32.1. The van der Waals surface area contributed by atoms with E-state index in [4.69, 9.17) is 4.74 Å². The molecule has 8 heteroatoms. The predicted molar refractivity (Wildman–Crippen MR) is 110 cm³/mol. The van der Waals surface area contributed by atoms with E-state index in [9.17, 15) is 4.79 Å². The summed E-state index contributed by atoms with van der Waals surface area (Å²) >= 11 is 1.48. The summed E-state index contributed by atoms with van der Waals surface area (Å²) < 4.78 is 5.79. The van der Waals surface area contributed by atoms with Gasteiger partial charge in [-0.15, -0.1) is 0 Å². The van der Waals surface area contributed by atoms with E-state index in [1.54, 1.807) is 37.5 Å². The maximum Gasteiger partial charge on any atom is 0.251 e. The normalized spacial score (nSPS) is 14.8. The molecule has 2 heterocycles. The van der Waals surface area contributed by atoms with Crippen molar-refractivity contribution in [1.29, 1.82) is 0 Å². The summed E-state index contributed by atoms with van der Waals surface area (Å²) in [5, 5.41) is 6.89. The first-order valence-corrected chi connectivity index (χ1v) is 10.4. The Morgan fingerprint density at radius 1 is 1.25 bits per heavy atom. The molecule has 4 rings (SSSR count). The molecule has 0 saturated heterocycles. The molecule has 0 bridgehead atoms. The number of ether oxygens (including phenoxy) is 1. The minimum absolute atomic E-state index is 0.164. The molecule has 1 aromatic carbocycles. The molecule has 0 aliphatic heterocycles. The predicted octanol–water partition coefficient (Wildman–Crippen LogP) is 4.23. The Hall–Kier alpha value is -2.74. The summed E-state index contributed by atoms with van der Waals surface area (Å²) in [5.41, 5.74) is 1.14. The number of rotatable bonds is 6. The van der Waals surface area contributed by atoms with Crippen LogP contribution in [0.5, 0.6) is 11.6 Å². The first kappa shape index (κ1) is 18.6. The highest BCUT2D eigenvalue weighted by molar-refractivity contribution is 7.21. The lowest BCUT2D eigenvalue weighted by molar-refractivity contribution is 0.0963. The fraction of sp³-hybridized carbons (Fsp3) is 0.400. The number of thiazole rings is 1. The molecular weight excluding hydrogens is 374 g/mol. The molecule has 7 nitrogen and oxygen atoms in total. The van der Waals surface area contributed by atoms with Gasteiger partial charge in [-0.2, -0.15) is 9.97 Å². The van der Waals surface area contributed by atoms with Crippen LogP contribution in [0.4, 0.5) is 5.13 Å². The first-order valence-electron chi connectivity index (χ1n) is 9.59. The molecular formula is C20H23N5O2S. The lowest BCUT2D eigenvalue weighted by Gasteiger charge is -2.21. The number of amides is 1. The molecule has 1 fully saturated rings. The van der Waals surface area contributed by atoms with Crippen molar-refractivity contribution in [2.24, 2.45) is 5.92 Å². The van der Waals surface area contributed by atoms with Gasteiger partial charge in [0.2, 0.25) is 5.88 Å². The van der Waals surface area contributed by atoms with Crippen molar-refractivity contribution < 1.29 is 9.53 Å². The Morgan fingerprint density at radius 3 is 2.93 bits per heavy atom. The van der Waals surface area contributed by atoms with Crippen LogP contribution in [0.2, 0.25) is 0 Å². The molecule has 1 amide bonds. The van der Waals surface area contributed by atoms with Crippen molar-refractivity contribution in [3.63, 3.8) is 0 Å². The number of hydrogen-bond donors (Lipinski definition) is 2. The quantitative estimate of drug-likeness (QED) is 0.647. The van der Waals surface area contributed by atoms with Gasteiger partial charge in [-0.3, -0.25) is 4.79 Å². The van der Waals surface area contributed by atoms with Crippen LogP contribution in [-0.4, -0.2) is 34.5 Å². The van der Waals surface area contributed by atoms with Crippen LogP contribution in [0, 0.1) is 5.92 Å². The van der Waals surface area contributed by atoms with Gasteiger partial charge in [-0.25, -0.2) is 4.98 Å². The third kappa shape index (κ3) is 4.39. The highest BCUT2D eigenvalue weighted by Gasteiger charge is 2.15. The van der Waals surface area contributed by atoms with E-state index in [0.29, 0.717) is 22.8 Å². The fourth-order valence-corrected chi connectivity index (χ4v) is 4.22. The Labute approximate surface area is 167 Å². The average molecular weight is 398 g/mol. The Morgan fingerprint density at radius 2 is 2.11 bits per heavy atom. The SMILES string of the molecule is CNC(=O)c1cccc(Oc2cnc3nc(NCC4CCCCC4)sc3n2)c1. The summed E-state index contributed by atoms with van der Waals surface area (Å²) in [6, 6.07) is 6.95. The largest absolute Gasteiger partial charge is 0.437 e. The van der Waals surface area contributed by atoms with Crippen molar-refractivity contribution >= 4 is 32.9 Å². The maximum atomic E-state index is 11.8. The van der Waals surface area contributed by atoms with E-state index < -0.39 is 0 Å².